The first-order valence-electron chi connectivity index (χ1n) is 7.65. The summed E-state index contributed by atoms with van der Waals surface area (Å²) in [6.07, 6.45) is 7.85. The van der Waals surface area contributed by atoms with Crippen molar-refractivity contribution in [3.63, 3.8) is 0 Å². The molecule has 1 heteroatoms. The summed E-state index contributed by atoms with van der Waals surface area (Å²) in [5.74, 6) is 0. The zero-order valence-electron chi connectivity index (χ0n) is 12.4. The second kappa shape index (κ2) is 9.02. The highest BCUT2D eigenvalue weighted by atomic mass is 15.2. The number of benzene rings is 1. The van der Waals surface area contributed by atoms with Crippen LogP contribution in [0, 0.1) is 0 Å². The average Bonchev–Trinajstić information content (AvgIpc) is 2.43. The Kier molecular flexibility index (Phi) is 7.55. The van der Waals surface area contributed by atoms with Gasteiger partial charge in [-0.2, -0.15) is 0 Å². The fourth-order valence-corrected chi connectivity index (χ4v) is 2.59. The number of rotatable bonds is 9. The van der Waals surface area contributed by atoms with E-state index in [0.717, 1.165) is 0 Å². The van der Waals surface area contributed by atoms with Gasteiger partial charge in [0.2, 0.25) is 0 Å². The van der Waals surface area contributed by atoms with Gasteiger partial charge in [0, 0.05) is 18.3 Å². The van der Waals surface area contributed by atoms with Crippen LogP contribution in [0.2, 0.25) is 0 Å². The van der Waals surface area contributed by atoms with Gasteiger partial charge in [0.1, 0.15) is 0 Å². The van der Waals surface area contributed by atoms with Crippen LogP contribution in [0.4, 0.5) is 5.69 Å². The Morgan fingerprint density at radius 3 is 2.22 bits per heavy atom. The minimum absolute atomic E-state index is 0.707. The molecule has 1 rings (SSSR count). The van der Waals surface area contributed by atoms with Crippen LogP contribution >= 0.6 is 0 Å². The maximum atomic E-state index is 2.61. The van der Waals surface area contributed by atoms with Gasteiger partial charge >= 0.3 is 0 Å². The Hall–Kier alpha value is -0.980. The molecule has 0 aromatic heterocycles. The monoisotopic (exact) mass is 247 g/mol. The standard InChI is InChI=1S/C17H29N/c1-4-7-9-12-16(6-3)18(15-5-2)17-13-10-8-11-14-17/h8,10-11,13-14,16H,4-7,9,12,15H2,1-3H3. The van der Waals surface area contributed by atoms with Crippen molar-refractivity contribution in [3.8, 4) is 0 Å². The Balaban J connectivity index is 2.68. The van der Waals surface area contributed by atoms with Crippen LogP contribution in [-0.2, 0) is 0 Å². The molecular formula is C17H29N. The van der Waals surface area contributed by atoms with E-state index >= 15 is 0 Å². The number of hydrogen-bond acceptors (Lipinski definition) is 1. The molecule has 0 bridgehead atoms. The minimum atomic E-state index is 0.707. The molecular weight excluding hydrogens is 218 g/mol. The highest BCUT2D eigenvalue weighted by Crippen LogP contribution is 2.22. The summed E-state index contributed by atoms with van der Waals surface area (Å²) in [5.41, 5.74) is 1.39. The molecule has 1 atom stereocenters. The minimum Gasteiger partial charge on any atom is -0.369 e. The predicted octanol–water partition coefficient (Wildman–Crippen LogP) is 5.26. The molecule has 18 heavy (non-hydrogen) atoms. The Morgan fingerprint density at radius 1 is 0.944 bits per heavy atom. The van der Waals surface area contributed by atoms with Crippen LogP contribution in [-0.4, -0.2) is 12.6 Å². The van der Waals surface area contributed by atoms with E-state index in [1.165, 1.54) is 50.8 Å². The van der Waals surface area contributed by atoms with Gasteiger partial charge in [-0.05, 0) is 31.4 Å². The second-order valence-corrected chi connectivity index (χ2v) is 5.09. The van der Waals surface area contributed by atoms with Gasteiger partial charge in [0.05, 0.1) is 0 Å². The van der Waals surface area contributed by atoms with Crippen molar-refractivity contribution in [2.75, 3.05) is 11.4 Å². The van der Waals surface area contributed by atoms with Crippen LogP contribution in [0.15, 0.2) is 30.3 Å². The maximum absolute atomic E-state index is 2.61. The summed E-state index contributed by atoms with van der Waals surface area (Å²) >= 11 is 0. The summed E-state index contributed by atoms with van der Waals surface area (Å²) in [4.78, 5) is 2.61. The van der Waals surface area contributed by atoms with Gasteiger partial charge < -0.3 is 4.90 Å². The molecule has 0 aliphatic carbocycles. The number of nitrogens with zero attached hydrogens (tertiary/aromatic N) is 1. The summed E-state index contributed by atoms with van der Waals surface area (Å²) in [7, 11) is 0. The normalized spacial score (nSPS) is 12.4. The van der Waals surface area contributed by atoms with Gasteiger partial charge in [-0.15, -0.1) is 0 Å². The molecule has 0 radical (unpaired) electrons. The van der Waals surface area contributed by atoms with E-state index in [2.05, 4.69) is 56.0 Å². The average molecular weight is 247 g/mol. The molecule has 1 aromatic rings. The van der Waals surface area contributed by atoms with Gasteiger partial charge in [-0.3, -0.25) is 0 Å². The van der Waals surface area contributed by atoms with Crippen molar-refractivity contribution in [2.24, 2.45) is 0 Å². The van der Waals surface area contributed by atoms with E-state index < -0.39 is 0 Å². The van der Waals surface area contributed by atoms with Crippen molar-refractivity contribution in [3.05, 3.63) is 30.3 Å². The van der Waals surface area contributed by atoms with Gasteiger partial charge in [0.25, 0.3) is 0 Å². The molecule has 0 saturated carbocycles. The summed E-state index contributed by atoms with van der Waals surface area (Å²) in [6.45, 7) is 8.05. The van der Waals surface area contributed by atoms with Gasteiger partial charge in [0.15, 0.2) is 0 Å². The molecule has 1 aromatic carbocycles. The summed E-state index contributed by atoms with van der Waals surface area (Å²) in [6, 6.07) is 11.6. The lowest BCUT2D eigenvalue weighted by Crippen LogP contribution is -2.35. The Labute approximate surface area is 113 Å². The first-order chi connectivity index (χ1) is 8.83. The van der Waals surface area contributed by atoms with E-state index in [1.807, 2.05) is 0 Å². The van der Waals surface area contributed by atoms with Crippen LogP contribution in [0.1, 0.15) is 59.3 Å². The summed E-state index contributed by atoms with van der Waals surface area (Å²) in [5, 5.41) is 0. The largest absolute Gasteiger partial charge is 0.369 e. The molecule has 0 fully saturated rings. The molecule has 0 saturated heterocycles. The smallest absolute Gasteiger partial charge is 0.0368 e. The molecule has 0 amide bonds. The third-order valence-electron chi connectivity index (χ3n) is 3.61. The molecule has 102 valence electrons. The van der Waals surface area contributed by atoms with Crippen molar-refractivity contribution in [1.29, 1.82) is 0 Å². The SMILES string of the molecule is CCCCCC(CC)N(CCC)c1ccccc1. The zero-order valence-corrected chi connectivity index (χ0v) is 12.4. The number of para-hydroxylation sites is 1. The lowest BCUT2D eigenvalue weighted by atomic mass is 10.0. The van der Waals surface area contributed by atoms with E-state index in [9.17, 15) is 0 Å². The summed E-state index contributed by atoms with van der Waals surface area (Å²) < 4.78 is 0. The highest BCUT2D eigenvalue weighted by molar-refractivity contribution is 5.46. The van der Waals surface area contributed by atoms with Crippen molar-refractivity contribution < 1.29 is 0 Å². The first-order valence-corrected chi connectivity index (χ1v) is 7.65. The Morgan fingerprint density at radius 2 is 1.67 bits per heavy atom. The van der Waals surface area contributed by atoms with Crippen LogP contribution in [0.25, 0.3) is 0 Å². The Bertz CT molecular complexity index is 294. The maximum Gasteiger partial charge on any atom is 0.0368 e. The number of hydrogen-bond donors (Lipinski definition) is 0. The van der Waals surface area contributed by atoms with Crippen molar-refractivity contribution >= 4 is 5.69 Å². The van der Waals surface area contributed by atoms with Crippen molar-refractivity contribution in [1.82, 2.24) is 0 Å². The zero-order chi connectivity index (χ0) is 13.2. The topological polar surface area (TPSA) is 3.24 Å². The number of anilines is 1. The van der Waals surface area contributed by atoms with Crippen LogP contribution in [0.5, 0.6) is 0 Å². The fourth-order valence-electron chi connectivity index (χ4n) is 2.59. The van der Waals surface area contributed by atoms with Crippen LogP contribution < -0.4 is 4.90 Å². The lowest BCUT2D eigenvalue weighted by Gasteiger charge is -2.33. The molecule has 0 N–H and O–H groups in total. The van der Waals surface area contributed by atoms with Gasteiger partial charge in [-0.1, -0.05) is 58.2 Å². The van der Waals surface area contributed by atoms with E-state index in [1.54, 1.807) is 0 Å². The third-order valence-corrected chi connectivity index (χ3v) is 3.61. The highest BCUT2D eigenvalue weighted by Gasteiger charge is 2.15. The molecule has 0 aliphatic heterocycles. The number of unbranched alkanes of at least 4 members (excludes halogenated alkanes) is 2. The second-order valence-electron chi connectivity index (χ2n) is 5.09. The van der Waals surface area contributed by atoms with Crippen LogP contribution in [0.3, 0.4) is 0 Å². The molecule has 0 spiro atoms. The molecule has 0 heterocycles. The fraction of sp³-hybridized carbons (Fsp3) is 0.647. The van der Waals surface area contributed by atoms with E-state index in [0.29, 0.717) is 6.04 Å². The first kappa shape index (κ1) is 15.1. The molecule has 1 unspecified atom stereocenters. The van der Waals surface area contributed by atoms with E-state index in [4.69, 9.17) is 0 Å². The molecule has 1 nitrogen and oxygen atoms in total. The van der Waals surface area contributed by atoms with E-state index in [-0.39, 0.29) is 0 Å². The quantitative estimate of drug-likeness (QED) is 0.538. The third kappa shape index (κ3) is 4.72. The van der Waals surface area contributed by atoms with Gasteiger partial charge in [-0.25, -0.2) is 0 Å². The van der Waals surface area contributed by atoms with Crippen molar-refractivity contribution in [2.45, 2.75) is 65.3 Å². The lowest BCUT2D eigenvalue weighted by molar-refractivity contribution is 0.502. The molecule has 0 aliphatic rings. The predicted molar refractivity (Wildman–Crippen MR) is 82.3 cm³/mol.